The van der Waals surface area contributed by atoms with Crippen LogP contribution in [-0.4, -0.2) is 16.1 Å². The van der Waals surface area contributed by atoms with Crippen LogP contribution in [0.15, 0.2) is 41.0 Å². The first-order valence-corrected chi connectivity index (χ1v) is 5.84. The predicted octanol–water partition coefficient (Wildman–Crippen LogP) is 3.52. The minimum Gasteiger partial charge on any atom is -0.478 e. The lowest BCUT2D eigenvalue weighted by molar-refractivity contribution is 0.0697. The van der Waals surface area contributed by atoms with Gasteiger partial charge >= 0.3 is 5.97 Å². The van der Waals surface area contributed by atoms with Gasteiger partial charge in [0.2, 0.25) is 0 Å². The van der Waals surface area contributed by atoms with Crippen molar-refractivity contribution in [2.24, 2.45) is 0 Å². The zero-order chi connectivity index (χ0) is 12.4. The maximum atomic E-state index is 10.9. The lowest BCUT2D eigenvalue weighted by Gasteiger charge is -2.06. The third kappa shape index (κ3) is 2.53. The monoisotopic (exact) mass is 291 g/mol. The first-order valence-electron chi connectivity index (χ1n) is 5.05. The van der Waals surface area contributed by atoms with E-state index in [1.54, 1.807) is 18.2 Å². The zero-order valence-electron chi connectivity index (χ0n) is 9.14. The summed E-state index contributed by atoms with van der Waals surface area (Å²) in [5.41, 5.74) is 2.88. The number of aryl methyl sites for hydroxylation is 1. The van der Waals surface area contributed by atoms with Crippen LogP contribution in [0.1, 0.15) is 15.9 Å². The van der Waals surface area contributed by atoms with Gasteiger partial charge in [0.25, 0.3) is 0 Å². The summed E-state index contributed by atoms with van der Waals surface area (Å²) >= 11 is 3.31. The van der Waals surface area contributed by atoms with Gasteiger partial charge in [0.05, 0.1) is 11.3 Å². The number of carboxylic acid groups (broad SMARTS) is 1. The van der Waals surface area contributed by atoms with Crippen molar-refractivity contribution >= 4 is 21.9 Å². The Bertz CT molecular complexity index is 581. The maximum absolute atomic E-state index is 10.9. The Morgan fingerprint density at radius 3 is 2.76 bits per heavy atom. The maximum Gasteiger partial charge on any atom is 0.335 e. The Morgan fingerprint density at radius 1 is 1.29 bits per heavy atom. The molecule has 0 aliphatic heterocycles. The lowest BCUT2D eigenvalue weighted by Crippen LogP contribution is -1.97. The smallest absolute Gasteiger partial charge is 0.335 e. The van der Waals surface area contributed by atoms with Crippen LogP contribution in [0.5, 0.6) is 0 Å². The van der Waals surface area contributed by atoms with Crippen molar-refractivity contribution in [1.29, 1.82) is 0 Å². The van der Waals surface area contributed by atoms with Crippen molar-refractivity contribution in [3.05, 3.63) is 52.1 Å². The Hall–Kier alpha value is -1.68. The van der Waals surface area contributed by atoms with Gasteiger partial charge < -0.3 is 5.11 Å². The number of hydrogen-bond acceptors (Lipinski definition) is 2. The van der Waals surface area contributed by atoms with Gasteiger partial charge in [-0.05, 0) is 46.6 Å². The highest BCUT2D eigenvalue weighted by atomic mass is 79.9. The van der Waals surface area contributed by atoms with E-state index >= 15 is 0 Å². The van der Waals surface area contributed by atoms with Crippen molar-refractivity contribution in [1.82, 2.24) is 4.98 Å². The number of halogens is 1. The highest BCUT2D eigenvalue weighted by Crippen LogP contribution is 2.24. The summed E-state index contributed by atoms with van der Waals surface area (Å²) < 4.78 is 0.735. The van der Waals surface area contributed by atoms with Crippen LogP contribution >= 0.6 is 15.9 Å². The van der Waals surface area contributed by atoms with Crippen LogP contribution in [0.4, 0.5) is 0 Å². The van der Waals surface area contributed by atoms with Crippen LogP contribution in [0.2, 0.25) is 0 Å². The van der Waals surface area contributed by atoms with Crippen LogP contribution < -0.4 is 0 Å². The lowest BCUT2D eigenvalue weighted by atomic mass is 10.0. The van der Waals surface area contributed by atoms with Crippen LogP contribution in [0.3, 0.4) is 0 Å². The Morgan fingerprint density at radius 2 is 2.06 bits per heavy atom. The quantitative estimate of drug-likeness (QED) is 0.862. The molecule has 0 saturated carbocycles. The van der Waals surface area contributed by atoms with Gasteiger partial charge in [0, 0.05) is 5.56 Å². The molecule has 0 atom stereocenters. The molecular weight excluding hydrogens is 282 g/mol. The average molecular weight is 292 g/mol. The van der Waals surface area contributed by atoms with E-state index in [2.05, 4.69) is 20.9 Å². The molecule has 2 aromatic rings. The first kappa shape index (κ1) is 11.8. The summed E-state index contributed by atoms with van der Waals surface area (Å²) in [5.74, 6) is -0.931. The van der Waals surface area contributed by atoms with E-state index in [4.69, 9.17) is 5.11 Å². The molecule has 0 aliphatic carbocycles. The minimum absolute atomic E-state index is 0.267. The molecule has 1 heterocycles. The fourth-order valence-electron chi connectivity index (χ4n) is 1.60. The standard InChI is InChI=1S/C13H10BrNO2/c1-8-5-6-11(14)15-12(8)9-3-2-4-10(7-9)13(16)17/h2-7H,1H3,(H,16,17). The van der Waals surface area contributed by atoms with Gasteiger partial charge in [0.1, 0.15) is 4.60 Å². The molecule has 1 aromatic heterocycles. The molecule has 2 rings (SSSR count). The third-order valence-corrected chi connectivity index (χ3v) is 2.89. The highest BCUT2D eigenvalue weighted by Gasteiger charge is 2.08. The fraction of sp³-hybridized carbons (Fsp3) is 0.0769. The molecule has 1 aromatic carbocycles. The first-order chi connectivity index (χ1) is 8.08. The van der Waals surface area contributed by atoms with Crippen LogP contribution in [-0.2, 0) is 0 Å². The topological polar surface area (TPSA) is 50.2 Å². The molecule has 1 N–H and O–H groups in total. The minimum atomic E-state index is -0.931. The molecule has 4 heteroatoms. The number of hydrogen-bond donors (Lipinski definition) is 1. The van der Waals surface area contributed by atoms with Crippen molar-refractivity contribution in [3.8, 4) is 11.3 Å². The average Bonchev–Trinajstić information content (AvgIpc) is 2.32. The molecule has 0 unspecified atom stereocenters. The number of carbonyl (C=O) groups is 1. The second kappa shape index (κ2) is 4.67. The summed E-state index contributed by atoms with van der Waals surface area (Å²) in [5, 5.41) is 8.95. The molecule has 0 radical (unpaired) electrons. The fourth-order valence-corrected chi connectivity index (χ4v) is 1.91. The van der Waals surface area contributed by atoms with Crippen LogP contribution in [0.25, 0.3) is 11.3 Å². The Labute approximate surface area is 107 Å². The molecular formula is C13H10BrNO2. The molecule has 0 saturated heterocycles. The van der Waals surface area contributed by atoms with Gasteiger partial charge in [-0.25, -0.2) is 9.78 Å². The molecule has 0 bridgehead atoms. The van der Waals surface area contributed by atoms with E-state index in [9.17, 15) is 4.79 Å². The number of nitrogens with zero attached hydrogens (tertiary/aromatic N) is 1. The number of rotatable bonds is 2. The summed E-state index contributed by atoms with van der Waals surface area (Å²) in [4.78, 5) is 15.3. The molecule has 0 aliphatic rings. The van der Waals surface area contributed by atoms with E-state index < -0.39 is 5.97 Å². The van der Waals surface area contributed by atoms with Crippen LogP contribution in [0, 0.1) is 6.92 Å². The van der Waals surface area contributed by atoms with E-state index in [0.29, 0.717) is 0 Å². The third-order valence-electron chi connectivity index (χ3n) is 2.45. The Kier molecular flexibility index (Phi) is 3.24. The summed E-state index contributed by atoms with van der Waals surface area (Å²) in [6, 6.07) is 10.6. The molecule has 86 valence electrons. The van der Waals surface area contributed by atoms with Crippen molar-refractivity contribution in [3.63, 3.8) is 0 Å². The van der Waals surface area contributed by atoms with E-state index in [1.165, 1.54) is 0 Å². The van der Waals surface area contributed by atoms with Crippen molar-refractivity contribution in [2.75, 3.05) is 0 Å². The van der Waals surface area contributed by atoms with Crippen molar-refractivity contribution in [2.45, 2.75) is 6.92 Å². The van der Waals surface area contributed by atoms with Gasteiger partial charge in [-0.3, -0.25) is 0 Å². The predicted molar refractivity (Wildman–Crippen MR) is 69.1 cm³/mol. The number of aromatic nitrogens is 1. The second-order valence-electron chi connectivity index (χ2n) is 3.69. The number of carboxylic acids is 1. The normalized spacial score (nSPS) is 10.2. The van der Waals surface area contributed by atoms with Crippen molar-refractivity contribution < 1.29 is 9.90 Å². The molecule has 3 nitrogen and oxygen atoms in total. The summed E-state index contributed by atoms with van der Waals surface area (Å²) in [6.45, 7) is 1.95. The Balaban J connectivity index is 2.56. The number of pyridine rings is 1. The highest BCUT2D eigenvalue weighted by molar-refractivity contribution is 9.10. The SMILES string of the molecule is Cc1ccc(Br)nc1-c1cccc(C(=O)O)c1. The number of benzene rings is 1. The van der Waals surface area contributed by atoms with E-state index in [0.717, 1.165) is 21.4 Å². The van der Waals surface area contributed by atoms with Gasteiger partial charge in [-0.15, -0.1) is 0 Å². The van der Waals surface area contributed by atoms with E-state index in [-0.39, 0.29) is 5.56 Å². The van der Waals surface area contributed by atoms with Gasteiger partial charge in [-0.1, -0.05) is 18.2 Å². The molecule has 0 fully saturated rings. The second-order valence-corrected chi connectivity index (χ2v) is 4.50. The molecule has 0 amide bonds. The largest absolute Gasteiger partial charge is 0.478 e. The number of aromatic carboxylic acids is 1. The summed E-state index contributed by atoms with van der Waals surface area (Å²) in [7, 11) is 0. The zero-order valence-corrected chi connectivity index (χ0v) is 10.7. The molecule has 0 spiro atoms. The van der Waals surface area contributed by atoms with Gasteiger partial charge in [-0.2, -0.15) is 0 Å². The molecule has 17 heavy (non-hydrogen) atoms. The van der Waals surface area contributed by atoms with Gasteiger partial charge in [0.15, 0.2) is 0 Å². The summed E-state index contributed by atoms with van der Waals surface area (Å²) in [6.07, 6.45) is 0. The van der Waals surface area contributed by atoms with E-state index in [1.807, 2.05) is 25.1 Å².